The molecule has 0 spiro atoms. The van der Waals surface area contributed by atoms with Crippen LogP contribution in [0.4, 0.5) is 5.82 Å². The van der Waals surface area contributed by atoms with Gasteiger partial charge in [-0.15, -0.1) is 23.1 Å². The van der Waals surface area contributed by atoms with Gasteiger partial charge in [-0.2, -0.15) is 0 Å². The quantitative estimate of drug-likeness (QED) is 0.354. The highest BCUT2D eigenvalue weighted by Gasteiger charge is 2.26. The molecule has 0 saturated heterocycles. The van der Waals surface area contributed by atoms with E-state index in [0.29, 0.717) is 19.4 Å². The van der Waals surface area contributed by atoms with Gasteiger partial charge in [0.25, 0.3) is 0 Å². The van der Waals surface area contributed by atoms with Crippen LogP contribution < -0.4 is 11.1 Å². The minimum atomic E-state index is -3.75. The smallest absolute Gasteiger partial charge is 0.210 e. The van der Waals surface area contributed by atoms with E-state index in [-0.39, 0.29) is 21.7 Å². The molecule has 2 aromatic heterocycles. The summed E-state index contributed by atoms with van der Waals surface area (Å²) >= 11 is 5.87. The first-order chi connectivity index (χ1) is 11.2. The van der Waals surface area contributed by atoms with E-state index in [9.17, 15) is 8.42 Å². The summed E-state index contributed by atoms with van der Waals surface area (Å²) in [5.41, 5.74) is 5.48. The molecule has 24 heavy (non-hydrogen) atoms. The number of nitrogens with two attached hydrogens (primary N) is 1. The first-order valence-electron chi connectivity index (χ1n) is 6.86. The number of halogens is 1. The van der Waals surface area contributed by atoms with Crippen molar-refractivity contribution in [1.82, 2.24) is 4.98 Å². The average Bonchev–Trinajstić information content (AvgIpc) is 2.94. The molecule has 0 saturated carbocycles. The topological polar surface area (TPSA) is 109 Å². The molecule has 0 aliphatic rings. The molecule has 0 unspecified atom stereocenters. The zero-order valence-electron chi connectivity index (χ0n) is 13.3. The molecule has 0 aromatic carbocycles. The molecule has 0 atom stereocenters. The Balaban J connectivity index is 2.51. The van der Waals surface area contributed by atoms with Gasteiger partial charge in [0.1, 0.15) is 11.7 Å². The number of rotatable bonds is 6. The Labute approximate surface area is 157 Å². The van der Waals surface area contributed by atoms with Gasteiger partial charge in [-0.25, -0.2) is 13.4 Å². The average molecular weight is 449 g/mol. The van der Waals surface area contributed by atoms with Crippen molar-refractivity contribution in [3.63, 3.8) is 0 Å². The summed E-state index contributed by atoms with van der Waals surface area (Å²) in [6.45, 7) is 3.94. The number of amidine groups is 1. The summed E-state index contributed by atoms with van der Waals surface area (Å²) < 4.78 is 27.0. The summed E-state index contributed by atoms with van der Waals surface area (Å²) in [4.78, 5) is 4.88. The molecule has 6 nitrogen and oxygen atoms in total. The van der Waals surface area contributed by atoms with Gasteiger partial charge in [-0.3, -0.25) is 5.41 Å². The fraction of sp³-hybridized carbons (Fsp3) is 0.286. The molecule has 0 amide bonds. The zero-order valence-corrected chi connectivity index (χ0v) is 17.3. The second-order valence-corrected chi connectivity index (χ2v) is 10.1. The van der Waals surface area contributed by atoms with Crippen molar-refractivity contribution < 1.29 is 8.42 Å². The first kappa shape index (κ1) is 19.2. The van der Waals surface area contributed by atoms with Gasteiger partial charge in [-0.05, 0) is 48.2 Å². The number of aromatic nitrogens is 1. The van der Waals surface area contributed by atoms with Crippen LogP contribution >= 0.6 is 39.0 Å². The Kier molecular flexibility index (Phi) is 5.95. The molecule has 2 heterocycles. The molecular weight excluding hydrogens is 432 g/mol. The number of pyridine rings is 1. The predicted octanol–water partition coefficient (Wildman–Crippen LogP) is 3.56. The first-order valence-corrected chi connectivity index (χ1v) is 11.2. The Hall–Kier alpha value is -1.10. The van der Waals surface area contributed by atoms with Crippen molar-refractivity contribution in [2.45, 2.75) is 33.9 Å². The van der Waals surface area contributed by atoms with Crippen molar-refractivity contribution in [3.05, 3.63) is 27.7 Å². The van der Waals surface area contributed by atoms with E-state index in [1.807, 2.05) is 13.8 Å². The predicted molar refractivity (Wildman–Crippen MR) is 103 cm³/mol. The normalized spacial score (nSPS) is 11.7. The summed E-state index contributed by atoms with van der Waals surface area (Å²) in [5, 5.41) is 10.6. The Morgan fingerprint density at radius 3 is 2.62 bits per heavy atom. The molecule has 10 heteroatoms. The molecule has 0 fully saturated rings. The molecule has 0 aliphatic carbocycles. The van der Waals surface area contributed by atoms with Crippen LogP contribution in [0, 0.1) is 5.41 Å². The third-order valence-electron chi connectivity index (χ3n) is 2.96. The highest BCUT2D eigenvalue weighted by Crippen LogP contribution is 2.37. The Bertz CT molecular complexity index is 878. The number of thioether (sulfide) groups is 1. The maximum atomic E-state index is 12.9. The summed E-state index contributed by atoms with van der Waals surface area (Å²) in [6, 6.07) is 3.15. The Morgan fingerprint density at radius 1 is 1.46 bits per heavy atom. The lowest BCUT2D eigenvalue weighted by molar-refractivity contribution is 0.594. The lowest BCUT2D eigenvalue weighted by Gasteiger charge is -2.12. The van der Waals surface area contributed by atoms with Gasteiger partial charge in [0, 0.05) is 12.2 Å². The molecule has 130 valence electrons. The van der Waals surface area contributed by atoms with E-state index >= 15 is 0 Å². The van der Waals surface area contributed by atoms with E-state index in [1.54, 1.807) is 6.26 Å². The van der Waals surface area contributed by atoms with E-state index in [2.05, 4.69) is 26.2 Å². The van der Waals surface area contributed by atoms with E-state index in [4.69, 9.17) is 11.1 Å². The number of hydrogen-bond donors (Lipinski definition) is 3. The number of thiophene rings is 1. The van der Waals surface area contributed by atoms with Crippen molar-refractivity contribution >= 4 is 60.5 Å². The van der Waals surface area contributed by atoms with Gasteiger partial charge in [0.05, 0.1) is 23.4 Å². The number of nitrogen functional groups attached to an aromatic ring is 1. The van der Waals surface area contributed by atoms with Gasteiger partial charge in [-0.1, -0.05) is 0 Å². The number of nitrogens with zero attached hydrogens (tertiary/aromatic N) is 1. The fourth-order valence-electron chi connectivity index (χ4n) is 1.89. The van der Waals surface area contributed by atoms with E-state index in [0.717, 1.165) is 0 Å². The monoisotopic (exact) mass is 448 g/mol. The fourth-order valence-corrected chi connectivity index (χ4v) is 6.34. The minimum Gasteiger partial charge on any atom is -0.383 e. The van der Waals surface area contributed by atoms with Crippen LogP contribution in [-0.4, -0.2) is 31.5 Å². The maximum Gasteiger partial charge on any atom is 0.210 e. The Morgan fingerprint density at radius 2 is 2.12 bits per heavy atom. The van der Waals surface area contributed by atoms with Crippen LogP contribution in [0.1, 0.15) is 18.7 Å². The number of sulfone groups is 1. The maximum absolute atomic E-state index is 12.9. The molecule has 0 aliphatic heterocycles. The highest BCUT2D eigenvalue weighted by molar-refractivity contribution is 9.10. The van der Waals surface area contributed by atoms with Crippen LogP contribution in [0.5, 0.6) is 0 Å². The van der Waals surface area contributed by atoms with Crippen molar-refractivity contribution in [1.29, 1.82) is 5.41 Å². The number of hydrogen-bond acceptors (Lipinski definition) is 7. The second-order valence-electron chi connectivity index (χ2n) is 5.18. The van der Waals surface area contributed by atoms with E-state index < -0.39 is 9.84 Å². The summed E-state index contributed by atoms with van der Waals surface area (Å²) in [5.74, 6) is 0.441. The molecule has 2 rings (SSSR count). The van der Waals surface area contributed by atoms with Gasteiger partial charge < -0.3 is 11.1 Å². The van der Waals surface area contributed by atoms with Crippen molar-refractivity contribution in [2.75, 3.05) is 11.6 Å². The lowest BCUT2D eigenvalue weighted by atomic mass is 10.4. The van der Waals surface area contributed by atoms with Crippen LogP contribution in [-0.2, 0) is 9.84 Å². The molecule has 0 radical (unpaired) electrons. The van der Waals surface area contributed by atoms with Crippen molar-refractivity contribution in [3.8, 4) is 0 Å². The number of nitrogens with one attached hydrogen (secondary N) is 2. The van der Waals surface area contributed by atoms with Crippen LogP contribution in [0.3, 0.4) is 0 Å². The van der Waals surface area contributed by atoms with Crippen LogP contribution in [0.25, 0.3) is 0 Å². The molecular formula is C14H17BrN4O2S3. The van der Waals surface area contributed by atoms with Crippen LogP contribution in [0.2, 0.25) is 0 Å². The molecule has 2 aromatic rings. The minimum absolute atomic E-state index is 0.0897. The van der Waals surface area contributed by atoms with Gasteiger partial charge in [0.2, 0.25) is 9.84 Å². The van der Waals surface area contributed by atoms with Gasteiger partial charge in [0.15, 0.2) is 0 Å². The lowest BCUT2D eigenvalue weighted by Crippen LogP contribution is -2.12. The third kappa shape index (κ3) is 3.93. The SMILES string of the molecule is CSc1sc(C(=N)N)cc1S(=O)(=O)c1cnc(NC(C)C)c(Br)c1. The second kappa shape index (κ2) is 7.42. The molecule has 4 N–H and O–H groups in total. The summed E-state index contributed by atoms with van der Waals surface area (Å²) in [7, 11) is -3.75. The van der Waals surface area contributed by atoms with Crippen molar-refractivity contribution in [2.24, 2.45) is 5.73 Å². The van der Waals surface area contributed by atoms with Crippen LogP contribution in [0.15, 0.2) is 36.8 Å². The molecule has 0 bridgehead atoms. The highest BCUT2D eigenvalue weighted by atomic mass is 79.9. The standard InChI is InChI=1S/C14H17BrN4O2S3/c1-7(2)19-13-9(15)4-8(6-18-13)24(20,21)11-5-10(12(16)17)23-14(11)22-3/h4-7H,1-3H3,(H3,16,17)(H,18,19). The summed E-state index contributed by atoms with van der Waals surface area (Å²) in [6.07, 6.45) is 3.12. The third-order valence-corrected chi connectivity index (χ3v) is 7.87. The largest absolute Gasteiger partial charge is 0.383 e. The van der Waals surface area contributed by atoms with E-state index in [1.165, 1.54) is 41.4 Å². The zero-order chi connectivity index (χ0) is 18.1. The van der Waals surface area contributed by atoms with Gasteiger partial charge >= 0.3 is 0 Å². The number of anilines is 1.